The number of pyridine rings is 1. The van der Waals surface area contributed by atoms with Crippen molar-refractivity contribution in [3.8, 4) is 17.5 Å². The Bertz CT molecular complexity index is 1850. The lowest BCUT2D eigenvalue weighted by Crippen LogP contribution is -2.33. The van der Waals surface area contributed by atoms with Crippen molar-refractivity contribution in [1.29, 1.82) is 0 Å². The Morgan fingerprint density at radius 2 is 1.87 bits per heavy atom. The fourth-order valence-corrected chi connectivity index (χ4v) is 4.41. The highest BCUT2D eigenvalue weighted by Gasteiger charge is 2.23. The summed E-state index contributed by atoms with van der Waals surface area (Å²) in [5.74, 6) is 5.30. The maximum atomic E-state index is 14.0. The second-order valence-corrected chi connectivity index (χ2v) is 8.86. The first-order valence-electron chi connectivity index (χ1n) is 12.2. The Balaban J connectivity index is 1.61. The molecule has 1 unspecified atom stereocenters. The Morgan fingerprint density at radius 3 is 2.64 bits per heavy atom. The van der Waals surface area contributed by atoms with Crippen LogP contribution in [0.15, 0.2) is 77.7 Å². The van der Waals surface area contributed by atoms with Crippen LogP contribution < -0.4 is 21.9 Å². The number of anilines is 1. The molecule has 5 rings (SSSR count). The van der Waals surface area contributed by atoms with Gasteiger partial charge in [0, 0.05) is 30.1 Å². The van der Waals surface area contributed by atoms with Gasteiger partial charge in [0.05, 0.1) is 18.0 Å². The maximum Gasteiger partial charge on any atom is 0.274 e. The summed E-state index contributed by atoms with van der Waals surface area (Å²) >= 11 is 0. The van der Waals surface area contributed by atoms with Crippen LogP contribution >= 0.6 is 0 Å². The minimum absolute atomic E-state index is 0.0554. The van der Waals surface area contributed by atoms with E-state index in [1.54, 1.807) is 35.9 Å². The van der Waals surface area contributed by atoms with Crippen LogP contribution in [0.4, 0.5) is 5.82 Å². The van der Waals surface area contributed by atoms with Crippen molar-refractivity contribution < 1.29 is 9.59 Å². The van der Waals surface area contributed by atoms with Gasteiger partial charge in [0.2, 0.25) is 5.91 Å². The summed E-state index contributed by atoms with van der Waals surface area (Å²) in [6.45, 7) is 3.38. The van der Waals surface area contributed by atoms with E-state index in [1.807, 2.05) is 48.5 Å². The van der Waals surface area contributed by atoms with Gasteiger partial charge in [-0.1, -0.05) is 42.2 Å². The molecule has 0 aliphatic heterocycles. The third-order valence-electron chi connectivity index (χ3n) is 6.16. The Hall–Kier alpha value is -5.43. The molecule has 10 nitrogen and oxygen atoms in total. The van der Waals surface area contributed by atoms with Gasteiger partial charge in [-0.25, -0.2) is 9.50 Å². The van der Waals surface area contributed by atoms with E-state index in [-0.39, 0.29) is 29.5 Å². The average molecular weight is 520 g/mol. The molecule has 10 heteroatoms. The number of aromatic nitrogens is 4. The van der Waals surface area contributed by atoms with Crippen LogP contribution in [-0.2, 0) is 4.79 Å². The summed E-state index contributed by atoms with van der Waals surface area (Å²) in [6.07, 6.45) is 1.54. The highest BCUT2D eigenvalue weighted by Crippen LogP contribution is 2.24. The topological polar surface area (TPSA) is 136 Å². The SMILES string of the molecule is CC(=O)NCC#Cc1cccc2cc(C(C)NC(=O)c3c(N)nc4cccnn34)n(-c3ccccc3)c(=O)c12. The molecule has 0 aliphatic rings. The zero-order valence-electron chi connectivity index (χ0n) is 21.3. The summed E-state index contributed by atoms with van der Waals surface area (Å²) in [7, 11) is 0. The molecule has 3 heterocycles. The summed E-state index contributed by atoms with van der Waals surface area (Å²) in [5, 5.41) is 10.9. The highest BCUT2D eigenvalue weighted by atomic mass is 16.2. The van der Waals surface area contributed by atoms with Crippen molar-refractivity contribution in [3.63, 3.8) is 0 Å². The standard InChI is InChI=1S/C29H25N7O3/c1-18(33-28(38)26-27(30)34-24-14-8-16-32-36(24)26)23-17-21-10-6-9-20(11-7-15-31-19(2)37)25(21)29(39)35(23)22-12-4-3-5-13-22/h3-6,8-10,12-14,16-18H,15,30H2,1-2H3,(H,31,37)(H,33,38). The van der Waals surface area contributed by atoms with Crippen molar-refractivity contribution in [2.45, 2.75) is 19.9 Å². The third-order valence-corrected chi connectivity index (χ3v) is 6.16. The molecule has 194 valence electrons. The summed E-state index contributed by atoms with van der Waals surface area (Å²) < 4.78 is 2.95. The lowest BCUT2D eigenvalue weighted by atomic mass is 10.0. The summed E-state index contributed by atoms with van der Waals surface area (Å²) in [6, 6.07) is 19.3. The third kappa shape index (κ3) is 4.93. The molecule has 1 atom stereocenters. The number of carbonyl (C=O) groups excluding carboxylic acids is 2. The second-order valence-electron chi connectivity index (χ2n) is 8.86. The van der Waals surface area contributed by atoms with E-state index in [0.717, 1.165) is 0 Å². The quantitative estimate of drug-likeness (QED) is 0.305. The number of benzene rings is 2. The molecule has 0 fully saturated rings. The lowest BCUT2D eigenvalue weighted by Gasteiger charge is -2.21. The van der Waals surface area contributed by atoms with Crippen molar-refractivity contribution in [3.05, 3.63) is 100 Å². The molecule has 0 spiro atoms. The van der Waals surface area contributed by atoms with Gasteiger partial charge < -0.3 is 16.4 Å². The van der Waals surface area contributed by atoms with Gasteiger partial charge >= 0.3 is 0 Å². The van der Waals surface area contributed by atoms with Gasteiger partial charge in [-0.15, -0.1) is 0 Å². The fraction of sp³-hybridized carbons (Fsp3) is 0.138. The number of imidazole rings is 1. The molecule has 0 bridgehead atoms. The van der Waals surface area contributed by atoms with Crippen molar-refractivity contribution in [2.75, 3.05) is 12.3 Å². The molecule has 39 heavy (non-hydrogen) atoms. The van der Waals surface area contributed by atoms with Crippen molar-refractivity contribution >= 4 is 34.1 Å². The van der Waals surface area contributed by atoms with E-state index in [0.29, 0.717) is 33.4 Å². The number of nitrogens with one attached hydrogen (secondary N) is 2. The van der Waals surface area contributed by atoms with Crippen molar-refractivity contribution in [1.82, 2.24) is 29.8 Å². The largest absolute Gasteiger partial charge is 0.382 e. The summed E-state index contributed by atoms with van der Waals surface area (Å²) in [4.78, 5) is 42.8. The number of nitrogens with zero attached hydrogens (tertiary/aromatic N) is 4. The number of hydrogen-bond donors (Lipinski definition) is 3. The van der Waals surface area contributed by atoms with Crippen LogP contribution in [0.1, 0.15) is 41.6 Å². The molecule has 2 amide bonds. The molecule has 4 N–H and O–H groups in total. The van der Waals surface area contributed by atoms with Crippen LogP contribution in [0.2, 0.25) is 0 Å². The zero-order valence-corrected chi connectivity index (χ0v) is 21.3. The number of para-hydroxylation sites is 1. The molecule has 0 saturated heterocycles. The number of amides is 2. The molecular weight excluding hydrogens is 494 g/mol. The molecule has 5 aromatic rings. The minimum Gasteiger partial charge on any atom is -0.382 e. The van der Waals surface area contributed by atoms with Crippen LogP contribution in [0.5, 0.6) is 0 Å². The van der Waals surface area contributed by atoms with Gasteiger partial charge in [0.1, 0.15) is 0 Å². The number of rotatable bonds is 5. The minimum atomic E-state index is -0.599. The van der Waals surface area contributed by atoms with Crippen LogP contribution in [-0.4, -0.2) is 37.5 Å². The van der Waals surface area contributed by atoms with E-state index in [9.17, 15) is 14.4 Å². The van der Waals surface area contributed by atoms with E-state index >= 15 is 0 Å². The molecule has 0 aliphatic carbocycles. The average Bonchev–Trinajstić information content (AvgIpc) is 3.27. The molecular formula is C29H25N7O3. The monoisotopic (exact) mass is 519 g/mol. The number of hydrogen-bond acceptors (Lipinski definition) is 6. The van der Waals surface area contributed by atoms with Crippen LogP contribution in [0, 0.1) is 11.8 Å². The maximum absolute atomic E-state index is 14.0. The second kappa shape index (κ2) is 10.5. The van der Waals surface area contributed by atoms with Crippen molar-refractivity contribution in [2.24, 2.45) is 0 Å². The molecule has 0 radical (unpaired) electrons. The lowest BCUT2D eigenvalue weighted by molar-refractivity contribution is -0.118. The first kappa shape index (κ1) is 25.2. The van der Waals surface area contributed by atoms with Gasteiger partial charge in [-0.05, 0) is 48.7 Å². The highest BCUT2D eigenvalue weighted by molar-refractivity contribution is 5.98. The van der Waals surface area contributed by atoms with E-state index in [1.165, 1.54) is 11.4 Å². The molecule has 0 saturated carbocycles. The number of nitrogen functional groups attached to an aromatic ring is 1. The first-order valence-corrected chi connectivity index (χ1v) is 12.2. The Kier molecular flexibility index (Phi) is 6.80. The molecule has 2 aromatic carbocycles. The number of nitrogens with two attached hydrogens (primary N) is 1. The molecule has 3 aromatic heterocycles. The Morgan fingerprint density at radius 1 is 1.08 bits per heavy atom. The first-order chi connectivity index (χ1) is 18.8. The van der Waals surface area contributed by atoms with Gasteiger partial charge in [-0.2, -0.15) is 5.10 Å². The van der Waals surface area contributed by atoms with E-state index < -0.39 is 11.9 Å². The zero-order chi connectivity index (χ0) is 27.5. The predicted molar refractivity (Wildman–Crippen MR) is 148 cm³/mol. The smallest absolute Gasteiger partial charge is 0.274 e. The predicted octanol–water partition coefficient (Wildman–Crippen LogP) is 2.59. The number of carbonyl (C=O) groups is 2. The van der Waals surface area contributed by atoms with Gasteiger partial charge in [0.25, 0.3) is 11.5 Å². The number of fused-ring (bicyclic) bond motifs is 2. The van der Waals surface area contributed by atoms with Gasteiger partial charge in [-0.3, -0.25) is 19.0 Å². The van der Waals surface area contributed by atoms with Crippen LogP contribution in [0.25, 0.3) is 22.1 Å². The van der Waals surface area contributed by atoms with Gasteiger partial charge in [0.15, 0.2) is 17.2 Å². The summed E-state index contributed by atoms with van der Waals surface area (Å²) in [5.41, 5.74) is 8.07. The fourth-order valence-electron chi connectivity index (χ4n) is 4.41. The normalized spacial score (nSPS) is 11.5. The van der Waals surface area contributed by atoms with E-state index in [4.69, 9.17) is 5.73 Å². The Labute approximate surface area is 223 Å². The van der Waals surface area contributed by atoms with E-state index in [2.05, 4.69) is 32.6 Å². The van der Waals surface area contributed by atoms with Crippen LogP contribution in [0.3, 0.4) is 0 Å².